The van der Waals surface area contributed by atoms with Gasteiger partial charge < -0.3 is 0 Å². The summed E-state index contributed by atoms with van der Waals surface area (Å²) < 4.78 is 0. The first-order valence-electron chi connectivity index (χ1n) is 0. The van der Waals surface area contributed by atoms with E-state index >= 15 is 0 Å². The fourth-order valence-corrected chi connectivity index (χ4v) is 0. The van der Waals surface area contributed by atoms with E-state index in [1.807, 2.05) is 0 Å². The van der Waals surface area contributed by atoms with Gasteiger partial charge in [0.2, 0.25) is 0 Å². The van der Waals surface area contributed by atoms with Crippen LogP contribution in [-0.2, 0) is 64.5 Å². The average Bonchev–Trinajstić information content (AvgIpc) is 0. The van der Waals surface area contributed by atoms with Gasteiger partial charge in [0.15, 0.2) is 17.4 Å². The van der Waals surface area contributed by atoms with Crippen molar-refractivity contribution in [3.8, 4) is 0 Å². The van der Waals surface area contributed by atoms with Crippen LogP contribution in [0, 0.1) is 40.8 Å². The molecule has 0 aromatic rings. The van der Waals surface area contributed by atoms with Gasteiger partial charge in [-0.05, 0) is 0 Å². The van der Waals surface area contributed by atoms with E-state index in [0.29, 0.717) is 0 Å². The van der Waals surface area contributed by atoms with Crippen molar-refractivity contribution >= 4 is 17.4 Å². The number of hydrogen-bond acceptors (Lipinski definition) is 0. The summed E-state index contributed by atoms with van der Waals surface area (Å²) in [5, 5.41) is 0. The summed E-state index contributed by atoms with van der Waals surface area (Å²) in [6.45, 7) is 0. The summed E-state index contributed by atoms with van der Waals surface area (Å²) >= 11 is 0. The average molecular weight is 459 g/mol. The van der Waals surface area contributed by atoms with E-state index in [1.54, 1.807) is 0 Å². The molecule has 0 amide bonds. The van der Waals surface area contributed by atoms with Crippen molar-refractivity contribution in [3.05, 3.63) is 0 Å². The van der Waals surface area contributed by atoms with Crippen LogP contribution in [0.1, 0.15) is 0 Å². The van der Waals surface area contributed by atoms with E-state index in [9.17, 15) is 0 Å². The molecule has 5 heteroatoms. The minimum Gasteiger partial charge on any atom is 0 e. The molecule has 0 N–H and O–H groups in total. The zero-order valence-corrected chi connectivity index (χ0v) is 11.2. The largest absolute Gasteiger partial charge is 0.187 e. The molecule has 0 spiro atoms. The van der Waals surface area contributed by atoms with Crippen molar-refractivity contribution in [1.29, 1.82) is 0 Å². The molecule has 0 rings (SSSR count). The Morgan fingerprint density at radius 3 is 0.800 bits per heavy atom. The first-order valence-corrected chi connectivity index (χ1v) is 0. The molecule has 0 heterocycles. The third-order valence-corrected chi connectivity index (χ3v) is 0. The minimum absolute atomic E-state index is 0. The normalized spacial score (nSPS) is 0. The van der Waals surface area contributed by atoms with Crippen LogP contribution in [0.3, 0.4) is 0 Å². The molecule has 1 radical (unpaired) electrons. The molecule has 0 saturated heterocycles. The predicted molar refractivity (Wildman–Crippen MR) is 9.94 cm³/mol. The van der Waals surface area contributed by atoms with Gasteiger partial charge in [-0.15, -0.1) is 0 Å². The van der Waals surface area contributed by atoms with Crippen LogP contribution in [0.15, 0.2) is 0 Å². The number of rotatable bonds is 0. The van der Waals surface area contributed by atoms with Crippen LogP contribution < -0.4 is 0 Å². The first-order chi connectivity index (χ1) is 0. The molecule has 0 aliphatic carbocycles. The van der Waals surface area contributed by atoms with Gasteiger partial charge in [0.25, 0.3) is 0 Å². The van der Waals surface area contributed by atoms with Gasteiger partial charge in [-0.1, -0.05) is 0 Å². The Morgan fingerprint density at radius 2 is 0.800 bits per heavy atom. The second kappa shape index (κ2) is 24.5. The molecule has 0 aromatic heterocycles. The van der Waals surface area contributed by atoms with Crippen LogP contribution in [-0.4, -0.2) is 17.4 Å². The molecule has 0 saturated carbocycles. The number of hydrogen-bond donors (Lipinski definition) is 0. The molecule has 0 aromatic carbocycles. The molecule has 5 heavy (non-hydrogen) atoms. The van der Waals surface area contributed by atoms with Gasteiger partial charge in [0, 0.05) is 105 Å². The van der Waals surface area contributed by atoms with Gasteiger partial charge in [-0.25, -0.2) is 0 Å². The summed E-state index contributed by atoms with van der Waals surface area (Å²) in [5.74, 6) is 0. The van der Waals surface area contributed by atoms with Crippen LogP contribution in [0.4, 0.5) is 0 Å². The van der Waals surface area contributed by atoms with Crippen LogP contribution >= 0.6 is 0 Å². The zero-order valence-electron chi connectivity index (χ0n) is 1.76. The van der Waals surface area contributed by atoms with Crippen LogP contribution in [0.25, 0.3) is 0 Å². The molecule has 0 unspecified atom stereocenters. The Kier molecular flexibility index (Phi) is 176. The van der Waals surface area contributed by atoms with E-state index in [0.717, 1.165) is 0 Å². The van der Waals surface area contributed by atoms with E-state index in [2.05, 4.69) is 0 Å². The second-order valence-electron chi connectivity index (χ2n) is 0. The molecule has 0 atom stereocenters. The fourth-order valence-electron chi connectivity index (χ4n) is 0. The molecule has 0 aliphatic heterocycles. The molecular weight excluding hydrogens is 456 g/mol. The van der Waals surface area contributed by atoms with Crippen molar-refractivity contribution in [3.63, 3.8) is 0 Å². The van der Waals surface area contributed by atoms with Gasteiger partial charge in [0.05, 0.1) is 0 Å². The summed E-state index contributed by atoms with van der Waals surface area (Å²) in [7, 11) is 0. The smallest absolute Gasteiger partial charge is 0 e. The Labute approximate surface area is 120 Å². The molecule has 27 valence electrons. The van der Waals surface area contributed by atoms with Gasteiger partial charge in [0.1, 0.15) is 0 Å². The summed E-state index contributed by atoms with van der Waals surface area (Å²) in [5.41, 5.74) is 0. The standard InChI is InChI=1S/Al.2Mo.Nb.Nd.3H. The maximum absolute atomic E-state index is 0. The quantitative estimate of drug-likeness (QED) is 0.400. The molecule has 0 bridgehead atoms. The third kappa shape index (κ3) is 18.0. The predicted octanol–water partition coefficient (Wildman–Crippen LogP) is -1.19. The zero-order chi connectivity index (χ0) is 0. The van der Waals surface area contributed by atoms with E-state index in [1.165, 1.54) is 0 Å². The van der Waals surface area contributed by atoms with Crippen molar-refractivity contribution in [2.45, 2.75) is 0 Å². The molecule has 0 nitrogen and oxygen atoms in total. The summed E-state index contributed by atoms with van der Waals surface area (Å²) in [4.78, 5) is 0. The van der Waals surface area contributed by atoms with Crippen molar-refractivity contribution in [2.24, 2.45) is 0 Å². The maximum Gasteiger partial charge on any atom is 0.187 e. The van der Waals surface area contributed by atoms with Gasteiger partial charge in [-0.2, -0.15) is 0 Å². The maximum atomic E-state index is 0. The van der Waals surface area contributed by atoms with E-state index in [4.69, 9.17) is 0 Å². The summed E-state index contributed by atoms with van der Waals surface area (Å²) in [6.07, 6.45) is 0. The fraction of sp³-hybridized carbons (Fsp3) is 0. The van der Waals surface area contributed by atoms with E-state index < -0.39 is 0 Å². The Balaban J connectivity index is 0. The van der Waals surface area contributed by atoms with Crippen molar-refractivity contribution < 1.29 is 105 Å². The Hall–Kier alpha value is 4.00. The third-order valence-electron chi connectivity index (χ3n) is 0. The van der Waals surface area contributed by atoms with Crippen molar-refractivity contribution in [2.75, 3.05) is 0 Å². The Bertz CT molecular complexity index is 9.61. The second-order valence-corrected chi connectivity index (χ2v) is 0. The summed E-state index contributed by atoms with van der Waals surface area (Å²) in [6, 6.07) is 0. The minimum atomic E-state index is 0. The first kappa shape index (κ1) is 36.0. The van der Waals surface area contributed by atoms with Crippen LogP contribution in [0.2, 0.25) is 0 Å². The SMILES string of the molecule is [AlH3].[Mo].[Mo].[Nb].[Nd]. The topological polar surface area (TPSA) is 0 Å². The monoisotopic (exact) mass is 461 g/mol. The van der Waals surface area contributed by atoms with Crippen molar-refractivity contribution in [1.82, 2.24) is 0 Å². The molecule has 0 aliphatic rings. The van der Waals surface area contributed by atoms with E-state index in [-0.39, 0.29) is 123 Å². The Morgan fingerprint density at radius 1 is 0.800 bits per heavy atom. The van der Waals surface area contributed by atoms with Crippen LogP contribution in [0.5, 0.6) is 0 Å². The molecule has 0 fully saturated rings. The molecular formula is H3AlMo2NbNd. The van der Waals surface area contributed by atoms with Gasteiger partial charge in [-0.3, -0.25) is 0 Å². The van der Waals surface area contributed by atoms with Gasteiger partial charge >= 0.3 is 0 Å².